The Kier molecular flexibility index (Phi) is 4.75. The van der Waals surface area contributed by atoms with E-state index in [1.165, 1.54) is 0 Å². The summed E-state index contributed by atoms with van der Waals surface area (Å²) >= 11 is 6.10. The highest BCUT2D eigenvalue weighted by atomic mass is 35.5. The lowest BCUT2D eigenvalue weighted by Gasteiger charge is -2.38. The molecule has 3 aromatic carbocycles. The van der Waals surface area contributed by atoms with Crippen molar-refractivity contribution in [2.24, 2.45) is 5.10 Å². The second-order valence-electron chi connectivity index (χ2n) is 7.27. The summed E-state index contributed by atoms with van der Waals surface area (Å²) in [6.45, 7) is 0. The second-order valence-corrected chi connectivity index (χ2v) is 7.71. The molecular weight excluding hydrogens is 400 g/mol. The van der Waals surface area contributed by atoms with Gasteiger partial charge >= 0.3 is 0 Å². The number of ether oxygens (including phenoxy) is 3. The van der Waals surface area contributed by atoms with Crippen molar-refractivity contribution in [1.82, 2.24) is 5.01 Å². The number of hydrogen-bond donors (Lipinski definition) is 0. The summed E-state index contributed by atoms with van der Waals surface area (Å²) in [4.78, 5) is 0. The van der Waals surface area contributed by atoms with Gasteiger partial charge in [-0.25, -0.2) is 5.01 Å². The summed E-state index contributed by atoms with van der Waals surface area (Å²) in [6, 6.07) is 21.8. The first-order valence-corrected chi connectivity index (χ1v) is 10.1. The largest absolute Gasteiger partial charge is 0.497 e. The van der Waals surface area contributed by atoms with E-state index in [-0.39, 0.29) is 12.3 Å². The van der Waals surface area contributed by atoms with E-state index in [1.807, 2.05) is 65.7 Å². The van der Waals surface area contributed by atoms with Gasteiger partial charge in [0.05, 0.1) is 26.0 Å². The molecule has 2 aliphatic heterocycles. The van der Waals surface area contributed by atoms with Crippen molar-refractivity contribution in [3.05, 3.63) is 88.4 Å². The fraction of sp³-hybridized carbons (Fsp3) is 0.208. The van der Waals surface area contributed by atoms with E-state index in [0.717, 1.165) is 46.1 Å². The van der Waals surface area contributed by atoms with Gasteiger partial charge in [-0.05, 0) is 30.3 Å². The zero-order chi connectivity index (χ0) is 20.7. The lowest BCUT2D eigenvalue weighted by atomic mass is 9.95. The van der Waals surface area contributed by atoms with E-state index in [4.69, 9.17) is 30.9 Å². The van der Waals surface area contributed by atoms with E-state index in [2.05, 4.69) is 6.07 Å². The first-order valence-electron chi connectivity index (χ1n) is 9.77. The van der Waals surface area contributed by atoms with Crippen molar-refractivity contribution in [2.75, 3.05) is 14.2 Å². The molecule has 30 heavy (non-hydrogen) atoms. The molecule has 0 spiro atoms. The Morgan fingerprint density at radius 2 is 1.80 bits per heavy atom. The molecule has 6 heteroatoms. The van der Waals surface area contributed by atoms with Gasteiger partial charge in [-0.15, -0.1) is 0 Å². The Bertz CT molecular complexity index is 1110. The van der Waals surface area contributed by atoms with Crippen molar-refractivity contribution in [1.29, 1.82) is 0 Å². The van der Waals surface area contributed by atoms with Crippen LogP contribution in [0.15, 0.2) is 71.8 Å². The molecule has 3 aromatic rings. The van der Waals surface area contributed by atoms with Crippen LogP contribution in [0.2, 0.25) is 5.02 Å². The molecule has 0 fully saturated rings. The molecule has 0 aliphatic carbocycles. The highest BCUT2D eigenvalue weighted by molar-refractivity contribution is 6.30. The average Bonchev–Trinajstić information content (AvgIpc) is 3.24. The topological polar surface area (TPSA) is 43.3 Å². The monoisotopic (exact) mass is 420 g/mol. The lowest BCUT2D eigenvalue weighted by molar-refractivity contribution is -0.0190. The van der Waals surface area contributed by atoms with E-state index in [1.54, 1.807) is 14.2 Å². The van der Waals surface area contributed by atoms with Crippen molar-refractivity contribution < 1.29 is 14.2 Å². The maximum atomic E-state index is 6.37. The van der Waals surface area contributed by atoms with Crippen molar-refractivity contribution in [3.8, 4) is 17.2 Å². The molecule has 0 unspecified atom stereocenters. The fourth-order valence-corrected chi connectivity index (χ4v) is 4.21. The predicted molar refractivity (Wildman–Crippen MR) is 117 cm³/mol. The molecule has 0 bridgehead atoms. The quantitative estimate of drug-likeness (QED) is 0.551. The van der Waals surface area contributed by atoms with Gasteiger partial charge in [-0.2, -0.15) is 5.10 Å². The molecule has 0 N–H and O–H groups in total. The van der Waals surface area contributed by atoms with Gasteiger partial charge in [0.25, 0.3) is 0 Å². The summed E-state index contributed by atoms with van der Waals surface area (Å²) < 4.78 is 17.3. The summed E-state index contributed by atoms with van der Waals surface area (Å²) in [6.07, 6.45) is 0.427. The van der Waals surface area contributed by atoms with Crippen LogP contribution >= 0.6 is 11.6 Å². The molecule has 0 radical (unpaired) electrons. The maximum absolute atomic E-state index is 6.37. The Morgan fingerprint density at radius 3 is 2.57 bits per heavy atom. The number of hydrazone groups is 1. The third-order valence-electron chi connectivity index (χ3n) is 5.57. The molecule has 2 atom stereocenters. The highest BCUT2D eigenvalue weighted by Crippen LogP contribution is 2.48. The van der Waals surface area contributed by atoms with Gasteiger partial charge in [0.1, 0.15) is 17.2 Å². The number of halogens is 1. The minimum Gasteiger partial charge on any atom is -0.497 e. The Hall–Kier alpha value is -3.18. The minimum absolute atomic E-state index is 0.0810. The van der Waals surface area contributed by atoms with Crippen LogP contribution in [0.3, 0.4) is 0 Å². The predicted octanol–water partition coefficient (Wildman–Crippen LogP) is 5.60. The molecule has 0 aromatic heterocycles. The number of nitrogens with zero attached hydrogens (tertiary/aromatic N) is 2. The summed E-state index contributed by atoms with van der Waals surface area (Å²) in [5.74, 6) is 2.38. The van der Waals surface area contributed by atoms with Gasteiger partial charge < -0.3 is 14.2 Å². The summed E-state index contributed by atoms with van der Waals surface area (Å²) in [7, 11) is 3.31. The average molecular weight is 421 g/mol. The molecule has 152 valence electrons. The third-order valence-corrected chi connectivity index (χ3v) is 5.83. The zero-order valence-corrected chi connectivity index (χ0v) is 17.5. The number of rotatable bonds is 4. The minimum atomic E-state index is -0.330. The molecule has 5 nitrogen and oxygen atoms in total. The van der Waals surface area contributed by atoms with E-state index < -0.39 is 0 Å². The molecule has 2 heterocycles. The van der Waals surface area contributed by atoms with Gasteiger partial charge in [-0.1, -0.05) is 41.9 Å². The van der Waals surface area contributed by atoms with Crippen LogP contribution in [-0.2, 0) is 0 Å². The van der Waals surface area contributed by atoms with Crippen molar-refractivity contribution in [3.63, 3.8) is 0 Å². The highest BCUT2D eigenvalue weighted by Gasteiger charge is 2.41. The van der Waals surface area contributed by atoms with Gasteiger partial charge in [0.15, 0.2) is 0 Å². The zero-order valence-electron chi connectivity index (χ0n) is 16.7. The fourth-order valence-electron chi connectivity index (χ4n) is 4.08. The van der Waals surface area contributed by atoms with Gasteiger partial charge in [0.2, 0.25) is 6.23 Å². The third kappa shape index (κ3) is 3.15. The molecule has 0 amide bonds. The van der Waals surface area contributed by atoms with E-state index in [9.17, 15) is 0 Å². The SMILES string of the molecule is COc1ccc(C2=NN3[C@@H](C2)c2ccccc2O[C@H]3c2ccc(Cl)cc2)c(OC)c1. The van der Waals surface area contributed by atoms with Crippen LogP contribution in [0.5, 0.6) is 17.2 Å². The smallest absolute Gasteiger partial charge is 0.213 e. The number of fused-ring (bicyclic) bond motifs is 3. The van der Waals surface area contributed by atoms with Crippen molar-refractivity contribution in [2.45, 2.75) is 18.7 Å². The normalized spacial score (nSPS) is 19.4. The number of hydrogen-bond acceptors (Lipinski definition) is 5. The van der Waals surface area contributed by atoms with Crippen LogP contribution in [0.4, 0.5) is 0 Å². The number of para-hydroxylation sites is 1. The Labute approximate surface area is 180 Å². The summed E-state index contributed by atoms with van der Waals surface area (Å²) in [5, 5.41) is 7.74. The first kappa shape index (κ1) is 18.8. The first-order chi connectivity index (χ1) is 14.7. The van der Waals surface area contributed by atoms with E-state index >= 15 is 0 Å². The van der Waals surface area contributed by atoms with Crippen LogP contribution in [-0.4, -0.2) is 24.9 Å². The molecule has 5 rings (SSSR count). The number of methoxy groups -OCH3 is 2. The van der Waals surface area contributed by atoms with Crippen LogP contribution in [0.25, 0.3) is 0 Å². The van der Waals surface area contributed by atoms with Crippen LogP contribution in [0.1, 0.15) is 35.4 Å². The van der Waals surface area contributed by atoms with Crippen LogP contribution in [0, 0.1) is 0 Å². The lowest BCUT2D eigenvalue weighted by Crippen LogP contribution is -2.33. The molecule has 0 saturated heterocycles. The summed E-state index contributed by atoms with van der Waals surface area (Å²) in [5.41, 5.74) is 4.05. The maximum Gasteiger partial charge on any atom is 0.213 e. The standard InChI is InChI=1S/C24H21ClN2O3/c1-28-17-11-12-18(23(13-17)29-2)20-14-21-19-5-3-4-6-22(19)30-24(27(21)26-20)15-7-9-16(25)10-8-15/h3-13,21,24H,14H2,1-2H3/t21-,24-/m0/s1. The Balaban J connectivity index is 1.59. The van der Waals surface area contributed by atoms with Crippen molar-refractivity contribution >= 4 is 17.3 Å². The molecular formula is C24H21ClN2O3. The molecule has 0 saturated carbocycles. The number of benzene rings is 3. The van der Waals surface area contributed by atoms with Gasteiger partial charge in [-0.3, -0.25) is 0 Å². The van der Waals surface area contributed by atoms with Crippen LogP contribution < -0.4 is 14.2 Å². The van der Waals surface area contributed by atoms with E-state index in [0.29, 0.717) is 5.02 Å². The Morgan fingerprint density at radius 1 is 1.00 bits per heavy atom. The molecule has 2 aliphatic rings. The van der Waals surface area contributed by atoms with Gasteiger partial charge in [0, 0.05) is 34.2 Å². The second kappa shape index (κ2) is 7.58.